The standard InChI is InChI=1S/C19H30N2O3S/c1-16(2)24-19-10-6-3-7-17(19)15-20-11-13-21(14-12-20)25(22,23)18-8-4-5-9-18/h3,6-7,10,16,18H,4-5,8-9,11-15H2,1-2H3. The van der Waals surface area contributed by atoms with Crippen LogP contribution in [0.2, 0.25) is 0 Å². The minimum absolute atomic E-state index is 0.140. The van der Waals surface area contributed by atoms with Crippen LogP contribution >= 0.6 is 0 Å². The largest absolute Gasteiger partial charge is 0.491 e. The monoisotopic (exact) mass is 366 g/mol. The second-order valence-electron chi connectivity index (χ2n) is 7.40. The van der Waals surface area contributed by atoms with Gasteiger partial charge in [0.1, 0.15) is 5.75 Å². The molecule has 0 atom stereocenters. The SMILES string of the molecule is CC(C)Oc1ccccc1CN1CCN(S(=O)(=O)C2CCCC2)CC1. The molecule has 1 saturated heterocycles. The molecule has 0 unspecified atom stereocenters. The third-order valence-corrected chi connectivity index (χ3v) is 7.54. The molecule has 2 fully saturated rings. The number of rotatable bonds is 6. The first kappa shape index (κ1) is 18.7. The molecule has 1 aliphatic carbocycles. The van der Waals surface area contributed by atoms with Gasteiger partial charge in [0, 0.05) is 38.3 Å². The smallest absolute Gasteiger partial charge is 0.217 e. The Morgan fingerprint density at radius 1 is 1.08 bits per heavy atom. The summed E-state index contributed by atoms with van der Waals surface area (Å²) in [6.07, 6.45) is 3.92. The molecule has 0 aromatic heterocycles. The molecule has 1 aliphatic heterocycles. The maximum absolute atomic E-state index is 12.7. The van der Waals surface area contributed by atoms with Crippen LogP contribution in [0.4, 0.5) is 0 Å². The van der Waals surface area contributed by atoms with E-state index in [1.807, 2.05) is 32.0 Å². The molecule has 5 nitrogen and oxygen atoms in total. The molecular formula is C19H30N2O3S. The fourth-order valence-electron chi connectivity index (χ4n) is 3.78. The first-order valence-electron chi connectivity index (χ1n) is 9.42. The van der Waals surface area contributed by atoms with Gasteiger partial charge in [-0.05, 0) is 32.8 Å². The van der Waals surface area contributed by atoms with Gasteiger partial charge in [0.25, 0.3) is 0 Å². The van der Waals surface area contributed by atoms with Crippen molar-refractivity contribution in [1.82, 2.24) is 9.21 Å². The lowest BCUT2D eigenvalue weighted by atomic mass is 10.1. The van der Waals surface area contributed by atoms with Gasteiger partial charge >= 0.3 is 0 Å². The van der Waals surface area contributed by atoms with E-state index in [-0.39, 0.29) is 11.4 Å². The van der Waals surface area contributed by atoms with Crippen molar-refractivity contribution < 1.29 is 13.2 Å². The van der Waals surface area contributed by atoms with E-state index in [2.05, 4.69) is 11.0 Å². The molecule has 140 valence electrons. The maximum Gasteiger partial charge on any atom is 0.217 e. The van der Waals surface area contributed by atoms with Crippen LogP contribution in [0.3, 0.4) is 0 Å². The fraction of sp³-hybridized carbons (Fsp3) is 0.684. The van der Waals surface area contributed by atoms with Gasteiger partial charge in [-0.15, -0.1) is 0 Å². The van der Waals surface area contributed by atoms with Crippen molar-refractivity contribution in [2.75, 3.05) is 26.2 Å². The first-order valence-corrected chi connectivity index (χ1v) is 10.9. The Labute approximate surface area is 152 Å². The van der Waals surface area contributed by atoms with Crippen LogP contribution in [0, 0.1) is 0 Å². The Balaban J connectivity index is 1.58. The zero-order chi connectivity index (χ0) is 17.9. The number of para-hydroxylation sites is 1. The van der Waals surface area contributed by atoms with E-state index in [4.69, 9.17) is 4.74 Å². The molecule has 1 saturated carbocycles. The maximum atomic E-state index is 12.7. The van der Waals surface area contributed by atoms with Crippen molar-refractivity contribution in [2.24, 2.45) is 0 Å². The Bertz CT molecular complexity index is 661. The molecule has 1 heterocycles. The summed E-state index contributed by atoms with van der Waals surface area (Å²) < 4.78 is 33.0. The van der Waals surface area contributed by atoms with Gasteiger partial charge in [-0.2, -0.15) is 4.31 Å². The Hall–Kier alpha value is -1.11. The van der Waals surface area contributed by atoms with Crippen LogP contribution < -0.4 is 4.74 Å². The summed E-state index contributed by atoms with van der Waals surface area (Å²) in [6, 6.07) is 8.13. The molecule has 0 bridgehead atoms. The number of hydrogen-bond acceptors (Lipinski definition) is 4. The van der Waals surface area contributed by atoms with Crippen molar-refractivity contribution in [1.29, 1.82) is 0 Å². The average molecular weight is 367 g/mol. The van der Waals surface area contributed by atoms with E-state index in [1.54, 1.807) is 4.31 Å². The summed E-state index contributed by atoms with van der Waals surface area (Å²) in [5.74, 6) is 0.929. The normalized spacial score (nSPS) is 21.1. The highest BCUT2D eigenvalue weighted by molar-refractivity contribution is 7.89. The lowest BCUT2D eigenvalue weighted by Gasteiger charge is -2.35. The van der Waals surface area contributed by atoms with Gasteiger partial charge in [0.15, 0.2) is 0 Å². The van der Waals surface area contributed by atoms with E-state index >= 15 is 0 Å². The van der Waals surface area contributed by atoms with Gasteiger partial charge in [0.05, 0.1) is 11.4 Å². The van der Waals surface area contributed by atoms with E-state index < -0.39 is 10.0 Å². The van der Waals surface area contributed by atoms with Crippen molar-refractivity contribution >= 4 is 10.0 Å². The quantitative estimate of drug-likeness (QED) is 0.777. The zero-order valence-electron chi connectivity index (χ0n) is 15.4. The first-order chi connectivity index (χ1) is 12.0. The van der Waals surface area contributed by atoms with Gasteiger partial charge in [-0.25, -0.2) is 8.42 Å². The van der Waals surface area contributed by atoms with Crippen molar-refractivity contribution in [2.45, 2.75) is 57.4 Å². The molecule has 0 N–H and O–H groups in total. The summed E-state index contributed by atoms with van der Waals surface area (Å²) in [7, 11) is -3.10. The van der Waals surface area contributed by atoms with Gasteiger partial charge in [0.2, 0.25) is 10.0 Å². The van der Waals surface area contributed by atoms with Crippen LogP contribution in [-0.4, -0.2) is 55.2 Å². The number of ether oxygens (including phenoxy) is 1. The molecular weight excluding hydrogens is 336 g/mol. The highest BCUT2D eigenvalue weighted by Gasteiger charge is 2.35. The summed E-state index contributed by atoms with van der Waals surface area (Å²) in [5.41, 5.74) is 1.17. The van der Waals surface area contributed by atoms with Crippen LogP contribution in [0.1, 0.15) is 45.1 Å². The van der Waals surface area contributed by atoms with Gasteiger partial charge < -0.3 is 4.74 Å². The molecule has 0 amide bonds. The highest BCUT2D eigenvalue weighted by atomic mass is 32.2. The average Bonchev–Trinajstić information content (AvgIpc) is 3.12. The number of hydrogen-bond donors (Lipinski definition) is 0. The predicted molar refractivity (Wildman–Crippen MR) is 100 cm³/mol. The molecule has 0 radical (unpaired) electrons. The summed E-state index contributed by atoms with van der Waals surface area (Å²) in [4.78, 5) is 2.32. The van der Waals surface area contributed by atoms with Crippen molar-refractivity contribution in [3.05, 3.63) is 29.8 Å². The van der Waals surface area contributed by atoms with Crippen LogP contribution in [0.5, 0.6) is 5.75 Å². The van der Waals surface area contributed by atoms with E-state index in [0.29, 0.717) is 13.1 Å². The molecule has 2 aliphatic rings. The van der Waals surface area contributed by atoms with Gasteiger partial charge in [-0.1, -0.05) is 31.0 Å². The van der Waals surface area contributed by atoms with Crippen molar-refractivity contribution in [3.63, 3.8) is 0 Å². The summed E-state index contributed by atoms with van der Waals surface area (Å²) in [5, 5.41) is -0.140. The van der Waals surface area contributed by atoms with Crippen LogP contribution in [-0.2, 0) is 16.6 Å². The number of piperazine rings is 1. The van der Waals surface area contributed by atoms with E-state index in [1.165, 1.54) is 5.56 Å². The lowest BCUT2D eigenvalue weighted by molar-refractivity contribution is 0.175. The third-order valence-electron chi connectivity index (χ3n) is 5.14. The molecule has 25 heavy (non-hydrogen) atoms. The Kier molecular flexibility index (Phi) is 6.02. The number of nitrogens with zero attached hydrogens (tertiary/aromatic N) is 2. The highest BCUT2D eigenvalue weighted by Crippen LogP contribution is 2.28. The van der Waals surface area contributed by atoms with Crippen LogP contribution in [0.25, 0.3) is 0 Å². The minimum Gasteiger partial charge on any atom is -0.491 e. The second-order valence-corrected chi connectivity index (χ2v) is 9.61. The molecule has 6 heteroatoms. The summed E-state index contributed by atoms with van der Waals surface area (Å²) >= 11 is 0. The summed E-state index contributed by atoms with van der Waals surface area (Å²) in [6.45, 7) is 7.63. The van der Waals surface area contributed by atoms with Gasteiger partial charge in [-0.3, -0.25) is 4.90 Å². The number of benzene rings is 1. The Morgan fingerprint density at radius 2 is 1.72 bits per heavy atom. The molecule has 0 spiro atoms. The second kappa shape index (κ2) is 8.06. The molecule has 3 rings (SSSR count). The van der Waals surface area contributed by atoms with E-state index in [0.717, 1.165) is 51.1 Å². The minimum atomic E-state index is -3.10. The number of sulfonamides is 1. The van der Waals surface area contributed by atoms with Crippen LogP contribution in [0.15, 0.2) is 24.3 Å². The fourth-order valence-corrected chi connectivity index (χ4v) is 5.81. The third kappa shape index (κ3) is 4.54. The lowest BCUT2D eigenvalue weighted by Crippen LogP contribution is -2.50. The van der Waals surface area contributed by atoms with Crippen molar-refractivity contribution in [3.8, 4) is 5.75 Å². The molecule has 1 aromatic rings. The molecule has 1 aromatic carbocycles. The van der Waals surface area contributed by atoms with E-state index in [9.17, 15) is 8.42 Å². The predicted octanol–water partition coefficient (Wildman–Crippen LogP) is 2.86. The zero-order valence-corrected chi connectivity index (χ0v) is 16.2. The Morgan fingerprint density at radius 3 is 2.36 bits per heavy atom. The topological polar surface area (TPSA) is 49.9 Å².